The maximum Gasteiger partial charge on any atom is 0.441 e. The minimum atomic E-state index is -9.53. The van der Waals surface area contributed by atoms with Gasteiger partial charge in [-0.15, -0.1) is 0 Å². The number of halogens is 17. The summed E-state index contributed by atoms with van der Waals surface area (Å²) in [5, 5.41) is -8.98. The van der Waals surface area contributed by atoms with Crippen molar-refractivity contribution in [3.8, 4) is 0 Å². The van der Waals surface area contributed by atoms with Crippen LogP contribution >= 0.6 is 0 Å². The van der Waals surface area contributed by atoms with Crippen LogP contribution in [0.4, 0.5) is 74.6 Å². The van der Waals surface area contributed by atoms with E-state index in [1.165, 1.54) is 0 Å². The Labute approximate surface area is 146 Å². The molecule has 0 saturated heterocycles. The van der Waals surface area contributed by atoms with Crippen molar-refractivity contribution < 1.29 is 87.6 Å². The van der Waals surface area contributed by atoms with E-state index in [0.29, 0.717) is 0 Å². The highest BCUT2D eigenvalue weighted by atomic mass is 32.2. The molecule has 0 amide bonds. The van der Waals surface area contributed by atoms with E-state index in [2.05, 4.69) is 0 Å². The van der Waals surface area contributed by atoms with Gasteiger partial charge in [-0.3, -0.25) is 4.55 Å². The van der Waals surface area contributed by atoms with Gasteiger partial charge in [-0.05, 0) is 0 Å². The molecule has 1 N–H and O–H groups in total. The predicted molar refractivity (Wildman–Crippen MR) is 51.9 cm³/mol. The normalized spacial score (nSPS) is 18.6. The average Bonchev–Trinajstić information content (AvgIpc) is 2.29. The van der Waals surface area contributed by atoms with E-state index >= 15 is 0 Å². The van der Waals surface area contributed by atoms with E-state index in [-0.39, 0.29) is 0 Å². The highest BCUT2D eigenvalue weighted by molar-refractivity contribution is 7.87. The number of rotatable bonds is 3. The molecule has 0 aromatic carbocycles. The lowest BCUT2D eigenvalue weighted by Crippen LogP contribution is -2.83. The van der Waals surface area contributed by atoms with E-state index in [1.807, 2.05) is 0 Å². The minimum Gasteiger partial charge on any atom is -0.283 e. The zero-order valence-electron chi connectivity index (χ0n) is 12.1. The molecule has 0 heterocycles. The van der Waals surface area contributed by atoms with Crippen LogP contribution in [0.25, 0.3) is 0 Å². The summed E-state index contributed by atoms with van der Waals surface area (Å²) in [6.07, 6.45) is -44.0. The SMILES string of the molecule is O=S(=O)(O)C(F)(C(F)(F)F)C(C(F)(F)F)(C(F)(F)F)C(F)(C(F)(F)F)C(F)(F)F. The third kappa shape index (κ3) is 3.26. The second kappa shape index (κ2) is 6.36. The highest BCUT2D eigenvalue weighted by Gasteiger charge is 3.06. The van der Waals surface area contributed by atoms with Crippen molar-refractivity contribution in [2.24, 2.45) is 5.41 Å². The lowest BCUT2D eigenvalue weighted by atomic mass is 9.66. The Morgan fingerprint density at radius 3 is 0.793 bits per heavy atom. The van der Waals surface area contributed by atoms with Crippen LogP contribution in [0.2, 0.25) is 0 Å². The first-order chi connectivity index (χ1) is 12.0. The molecule has 176 valence electrons. The van der Waals surface area contributed by atoms with Crippen LogP contribution in [0, 0.1) is 5.41 Å². The molecule has 1 atom stereocenters. The summed E-state index contributed by atoms with van der Waals surface area (Å²) in [5.41, 5.74) is -18.9. The zero-order valence-corrected chi connectivity index (χ0v) is 12.9. The van der Waals surface area contributed by atoms with Gasteiger partial charge in [0.2, 0.25) is 0 Å². The molecule has 3 nitrogen and oxygen atoms in total. The fourth-order valence-corrected chi connectivity index (χ4v) is 3.33. The third-order valence-electron chi connectivity index (χ3n) is 3.35. The topological polar surface area (TPSA) is 54.4 Å². The Morgan fingerprint density at radius 2 is 0.690 bits per heavy atom. The van der Waals surface area contributed by atoms with Crippen molar-refractivity contribution in [2.45, 2.75) is 41.6 Å². The Bertz CT molecular complexity index is 690. The van der Waals surface area contributed by atoms with Crippen molar-refractivity contribution in [3.63, 3.8) is 0 Å². The zero-order chi connectivity index (χ0) is 24.5. The van der Waals surface area contributed by atoms with Crippen molar-refractivity contribution in [1.82, 2.24) is 0 Å². The Kier molecular flexibility index (Phi) is 6.08. The molecule has 21 heteroatoms. The van der Waals surface area contributed by atoms with Crippen molar-refractivity contribution in [1.29, 1.82) is 0 Å². The molecule has 1 unspecified atom stereocenters. The molecule has 0 rings (SSSR count). The van der Waals surface area contributed by atoms with E-state index in [9.17, 15) is 83.1 Å². The van der Waals surface area contributed by atoms with Gasteiger partial charge in [-0.2, -0.15) is 74.3 Å². The molecule has 0 aromatic rings. The molecule has 0 aromatic heterocycles. The summed E-state index contributed by atoms with van der Waals surface area (Å²) >= 11 is 0. The second-order valence-electron chi connectivity index (χ2n) is 4.97. The first kappa shape index (κ1) is 27.7. The molecular formula is C8HF17O3S. The molecule has 0 spiro atoms. The second-order valence-corrected chi connectivity index (χ2v) is 6.48. The number of hydrogen-bond donors (Lipinski definition) is 1. The van der Waals surface area contributed by atoms with Gasteiger partial charge in [0.1, 0.15) is 0 Å². The van der Waals surface area contributed by atoms with Crippen molar-refractivity contribution in [2.75, 3.05) is 0 Å². The molecular weight excluding hydrogens is 499 g/mol. The fourth-order valence-electron chi connectivity index (χ4n) is 2.28. The molecule has 0 bridgehead atoms. The summed E-state index contributed by atoms with van der Waals surface area (Å²) < 4.78 is 248. The van der Waals surface area contributed by atoms with Gasteiger partial charge in [0.15, 0.2) is 0 Å². The fraction of sp³-hybridized carbons (Fsp3) is 1.00. The Balaban J connectivity index is 8.59. The van der Waals surface area contributed by atoms with Gasteiger partial charge in [0.05, 0.1) is 0 Å². The standard InChI is InChI=1S/C8HF17O3S/c9-2(6(17,18)19,7(20,21)22)1(4(11,12)13,5(14,15)16)3(10,8(23,24)25)29(26,27)28/h(H,26,27,28). The first-order valence-corrected chi connectivity index (χ1v) is 7.12. The number of hydrogen-bond acceptors (Lipinski definition) is 2. The van der Waals surface area contributed by atoms with Crippen LogP contribution in [-0.2, 0) is 10.1 Å². The summed E-state index contributed by atoms with van der Waals surface area (Å²) in [6, 6.07) is 0. The van der Waals surface area contributed by atoms with E-state index in [4.69, 9.17) is 4.55 Å². The first-order valence-electron chi connectivity index (χ1n) is 5.68. The molecule has 0 aliphatic heterocycles. The maximum absolute atomic E-state index is 14.0. The summed E-state index contributed by atoms with van der Waals surface area (Å²) in [5.74, 6) is 0. The minimum absolute atomic E-state index is 8.01. The lowest BCUT2D eigenvalue weighted by Gasteiger charge is -2.52. The van der Waals surface area contributed by atoms with Crippen LogP contribution in [0.5, 0.6) is 0 Å². The van der Waals surface area contributed by atoms with Gasteiger partial charge in [0, 0.05) is 0 Å². The van der Waals surface area contributed by atoms with Gasteiger partial charge < -0.3 is 0 Å². The quantitative estimate of drug-likeness (QED) is 0.437. The average molecular weight is 500 g/mol. The van der Waals surface area contributed by atoms with E-state index < -0.39 is 57.1 Å². The number of alkyl halides is 17. The van der Waals surface area contributed by atoms with Crippen LogP contribution < -0.4 is 0 Å². The molecule has 0 aliphatic rings. The van der Waals surface area contributed by atoms with Crippen molar-refractivity contribution in [3.05, 3.63) is 0 Å². The molecule has 0 aliphatic carbocycles. The smallest absolute Gasteiger partial charge is 0.283 e. The van der Waals surface area contributed by atoms with Crippen LogP contribution in [0.1, 0.15) is 0 Å². The van der Waals surface area contributed by atoms with Crippen LogP contribution in [0.3, 0.4) is 0 Å². The molecule has 0 radical (unpaired) electrons. The Morgan fingerprint density at radius 1 is 0.448 bits per heavy atom. The summed E-state index contributed by atoms with van der Waals surface area (Å²) in [6.45, 7) is 0. The maximum atomic E-state index is 14.0. The van der Waals surface area contributed by atoms with Crippen molar-refractivity contribution >= 4 is 10.1 Å². The summed E-state index contributed by atoms with van der Waals surface area (Å²) in [7, 11) is -8.92. The van der Waals surface area contributed by atoms with Gasteiger partial charge >= 0.3 is 51.7 Å². The lowest BCUT2D eigenvalue weighted by molar-refractivity contribution is -0.497. The highest BCUT2D eigenvalue weighted by Crippen LogP contribution is 2.74. The van der Waals surface area contributed by atoms with Gasteiger partial charge in [0.25, 0.3) is 5.41 Å². The van der Waals surface area contributed by atoms with Crippen LogP contribution in [-0.4, -0.2) is 54.5 Å². The molecule has 0 saturated carbocycles. The molecule has 0 fully saturated rings. The largest absolute Gasteiger partial charge is 0.441 e. The van der Waals surface area contributed by atoms with Crippen LogP contribution in [0.15, 0.2) is 0 Å². The monoisotopic (exact) mass is 500 g/mol. The van der Waals surface area contributed by atoms with E-state index in [1.54, 1.807) is 0 Å². The third-order valence-corrected chi connectivity index (χ3v) is 4.60. The summed E-state index contributed by atoms with van der Waals surface area (Å²) in [4.78, 5) is 0. The van der Waals surface area contributed by atoms with Gasteiger partial charge in [-0.1, -0.05) is 0 Å². The molecule has 29 heavy (non-hydrogen) atoms. The van der Waals surface area contributed by atoms with E-state index in [0.717, 1.165) is 0 Å². The predicted octanol–water partition coefficient (Wildman–Crippen LogP) is 5.05. The van der Waals surface area contributed by atoms with Gasteiger partial charge in [-0.25, -0.2) is 8.78 Å². The Hall–Kier alpha value is -1.28.